The molecule has 2 rings (SSSR count). The average Bonchev–Trinajstić information content (AvgIpc) is 2.95. The van der Waals surface area contributed by atoms with Crippen molar-refractivity contribution in [3.8, 4) is 0 Å². The molecular formula is C13H20N4O3. The van der Waals surface area contributed by atoms with Gasteiger partial charge in [0.15, 0.2) is 0 Å². The number of hydrogen-bond acceptors (Lipinski definition) is 5. The van der Waals surface area contributed by atoms with Crippen LogP contribution in [0.25, 0.3) is 0 Å². The van der Waals surface area contributed by atoms with Gasteiger partial charge in [0.25, 0.3) is 5.91 Å². The normalized spacial score (nSPS) is 19.2. The van der Waals surface area contributed by atoms with Crippen LogP contribution in [-0.4, -0.2) is 52.2 Å². The summed E-state index contributed by atoms with van der Waals surface area (Å²) in [5.74, 6) is 0.297. The molecule has 0 aromatic carbocycles. The van der Waals surface area contributed by atoms with E-state index in [4.69, 9.17) is 4.74 Å². The van der Waals surface area contributed by atoms with E-state index in [0.29, 0.717) is 18.9 Å². The van der Waals surface area contributed by atoms with Crippen molar-refractivity contribution in [2.45, 2.75) is 32.6 Å². The van der Waals surface area contributed by atoms with Crippen molar-refractivity contribution in [2.75, 3.05) is 20.2 Å². The van der Waals surface area contributed by atoms with Crippen LogP contribution in [0.5, 0.6) is 0 Å². The third kappa shape index (κ3) is 2.97. The molecule has 110 valence electrons. The SMILES string of the molecule is COC(=O)C1CCCN(C(=O)c2n[nH]c(C(C)C)n2)C1. The van der Waals surface area contributed by atoms with Gasteiger partial charge in [0.2, 0.25) is 5.82 Å². The Morgan fingerprint density at radius 3 is 2.80 bits per heavy atom. The predicted octanol–water partition coefficient (Wildman–Crippen LogP) is 0.953. The molecule has 7 nitrogen and oxygen atoms in total. The number of ether oxygens (including phenoxy) is 1. The third-order valence-corrected chi connectivity index (χ3v) is 3.48. The molecule has 0 bridgehead atoms. The molecule has 2 heterocycles. The van der Waals surface area contributed by atoms with Gasteiger partial charge in [-0.2, -0.15) is 0 Å². The van der Waals surface area contributed by atoms with Gasteiger partial charge in [0, 0.05) is 19.0 Å². The maximum atomic E-state index is 12.3. The summed E-state index contributed by atoms with van der Waals surface area (Å²) in [4.78, 5) is 29.7. The van der Waals surface area contributed by atoms with Crippen LogP contribution in [0.1, 0.15) is 49.1 Å². The molecule has 0 saturated carbocycles. The lowest BCUT2D eigenvalue weighted by Crippen LogP contribution is -2.43. The van der Waals surface area contributed by atoms with Crippen molar-refractivity contribution >= 4 is 11.9 Å². The monoisotopic (exact) mass is 280 g/mol. The number of amides is 1. The van der Waals surface area contributed by atoms with Gasteiger partial charge in [-0.1, -0.05) is 13.8 Å². The summed E-state index contributed by atoms with van der Waals surface area (Å²) >= 11 is 0. The van der Waals surface area contributed by atoms with E-state index in [1.807, 2.05) is 13.8 Å². The third-order valence-electron chi connectivity index (χ3n) is 3.48. The molecule has 1 unspecified atom stereocenters. The number of esters is 1. The Morgan fingerprint density at radius 1 is 1.45 bits per heavy atom. The minimum atomic E-state index is -0.264. The minimum Gasteiger partial charge on any atom is -0.469 e. The van der Waals surface area contributed by atoms with Crippen LogP contribution < -0.4 is 0 Å². The molecule has 1 aliphatic rings. The van der Waals surface area contributed by atoms with Crippen molar-refractivity contribution in [1.29, 1.82) is 0 Å². The Hall–Kier alpha value is -1.92. The molecule has 7 heteroatoms. The molecule has 1 atom stereocenters. The van der Waals surface area contributed by atoms with Gasteiger partial charge in [-0.3, -0.25) is 14.7 Å². The zero-order chi connectivity index (χ0) is 14.7. The van der Waals surface area contributed by atoms with E-state index in [9.17, 15) is 9.59 Å². The number of hydrogen-bond donors (Lipinski definition) is 1. The lowest BCUT2D eigenvalue weighted by molar-refractivity contribution is -0.146. The maximum Gasteiger partial charge on any atom is 0.310 e. The Balaban J connectivity index is 2.06. The molecule has 20 heavy (non-hydrogen) atoms. The van der Waals surface area contributed by atoms with Crippen molar-refractivity contribution in [2.24, 2.45) is 5.92 Å². The number of H-pyrrole nitrogens is 1. The van der Waals surface area contributed by atoms with E-state index < -0.39 is 0 Å². The van der Waals surface area contributed by atoms with Crippen LogP contribution in [0, 0.1) is 5.92 Å². The number of carbonyl (C=O) groups is 2. The van der Waals surface area contributed by atoms with Gasteiger partial charge >= 0.3 is 5.97 Å². The molecule has 1 aliphatic heterocycles. The van der Waals surface area contributed by atoms with E-state index in [0.717, 1.165) is 12.8 Å². The number of piperidine rings is 1. The van der Waals surface area contributed by atoms with Gasteiger partial charge in [0.05, 0.1) is 13.0 Å². The fraction of sp³-hybridized carbons (Fsp3) is 0.692. The second kappa shape index (κ2) is 6.02. The topological polar surface area (TPSA) is 88.2 Å². The van der Waals surface area contributed by atoms with Crippen LogP contribution >= 0.6 is 0 Å². The van der Waals surface area contributed by atoms with Gasteiger partial charge in [0.1, 0.15) is 5.82 Å². The highest BCUT2D eigenvalue weighted by atomic mass is 16.5. The molecule has 1 N–H and O–H groups in total. The van der Waals surface area contributed by atoms with Crippen molar-refractivity contribution in [3.63, 3.8) is 0 Å². The second-order valence-electron chi connectivity index (χ2n) is 5.31. The lowest BCUT2D eigenvalue weighted by Gasteiger charge is -2.30. The fourth-order valence-electron chi connectivity index (χ4n) is 2.29. The molecule has 0 aliphatic carbocycles. The van der Waals surface area contributed by atoms with Crippen LogP contribution in [0.15, 0.2) is 0 Å². The number of likely N-dealkylation sites (tertiary alicyclic amines) is 1. The highest BCUT2D eigenvalue weighted by Gasteiger charge is 2.31. The first kappa shape index (κ1) is 14.5. The summed E-state index contributed by atoms with van der Waals surface area (Å²) < 4.78 is 4.74. The number of nitrogens with one attached hydrogen (secondary N) is 1. The molecule has 1 amide bonds. The molecule has 0 spiro atoms. The van der Waals surface area contributed by atoms with Gasteiger partial charge < -0.3 is 9.64 Å². The highest BCUT2D eigenvalue weighted by Crippen LogP contribution is 2.19. The summed E-state index contributed by atoms with van der Waals surface area (Å²) in [6, 6.07) is 0. The summed E-state index contributed by atoms with van der Waals surface area (Å²) in [6.45, 7) is 4.95. The van der Waals surface area contributed by atoms with Crippen molar-refractivity contribution < 1.29 is 14.3 Å². The predicted molar refractivity (Wildman–Crippen MR) is 71.1 cm³/mol. The van der Waals surface area contributed by atoms with Crippen molar-refractivity contribution in [3.05, 3.63) is 11.6 Å². The first-order chi connectivity index (χ1) is 9.52. The van der Waals surface area contributed by atoms with E-state index in [1.165, 1.54) is 7.11 Å². The van der Waals surface area contributed by atoms with Gasteiger partial charge in [-0.15, -0.1) is 5.10 Å². The summed E-state index contributed by atoms with van der Waals surface area (Å²) in [6.07, 6.45) is 1.54. The summed E-state index contributed by atoms with van der Waals surface area (Å²) in [5, 5.41) is 6.73. The number of nitrogens with zero attached hydrogens (tertiary/aromatic N) is 3. The largest absolute Gasteiger partial charge is 0.469 e. The number of carbonyl (C=O) groups excluding carboxylic acids is 2. The Morgan fingerprint density at radius 2 is 2.20 bits per heavy atom. The highest BCUT2D eigenvalue weighted by molar-refractivity contribution is 5.91. The van der Waals surface area contributed by atoms with Crippen LogP contribution in [0.4, 0.5) is 0 Å². The fourth-order valence-corrected chi connectivity index (χ4v) is 2.29. The van der Waals surface area contributed by atoms with E-state index >= 15 is 0 Å². The first-order valence-electron chi connectivity index (χ1n) is 6.82. The van der Waals surface area contributed by atoms with E-state index in [1.54, 1.807) is 4.90 Å². The quantitative estimate of drug-likeness (QED) is 0.833. The minimum absolute atomic E-state index is 0.166. The summed E-state index contributed by atoms with van der Waals surface area (Å²) in [7, 11) is 1.37. The maximum absolute atomic E-state index is 12.3. The van der Waals surface area contributed by atoms with Gasteiger partial charge in [-0.25, -0.2) is 4.98 Å². The number of aromatic amines is 1. The van der Waals surface area contributed by atoms with Gasteiger partial charge in [-0.05, 0) is 12.8 Å². The Kier molecular flexibility index (Phi) is 4.36. The molecule has 1 aromatic rings. The molecule has 1 fully saturated rings. The Labute approximate surface area is 117 Å². The first-order valence-corrected chi connectivity index (χ1v) is 6.82. The smallest absolute Gasteiger partial charge is 0.310 e. The molecular weight excluding hydrogens is 260 g/mol. The summed E-state index contributed by atoms with van der Waals surface area (Å²) in [5.41, 5.74) is 0. The average molecular weight is 280 g/mol. The Bertz CT molecular complexity index is 498. The number of rotatable bonds is 3. The second-order valence-corrected chi connectivity index (χ2v) is 5.31. The molecule has 1 aromatic heterocycles. The standard InChI is InChI=1S/C13H20N4O3/c1-8(2)10-14-11(16-15-10)12(18)17-6-4-5-9(7-17)13(19)20-3/h8-9H,4-7H2,1-3H3,(H,14,15,16). The zero-order valence-corrected chi connectivity index (χ0v) is 12.0. The van der Waals surface area contributed by atoms with Crippen LogP contribution in [0.3, 0.4) is 0 Å². The van der Waals surface area contributed by atoms with Crippen LogP contribution in [0.2, 0.25) is 0 Å². The van der Waals surface area contributed by atoms with Crippen molar-refractivity contribution in [1.82, 2.24) is 20.1 Å². The van der Waals surface area contributed by atoms with Crippen LogP contribution in [-0.2, 0) is 9.53 Å². The number of methoxy groups -OCH3 is 1. The zero-order valence-electron chi connectivity index (χ0n) is 12.0. The van der Waals surface area contributed by atoms with E-state index in [-0.39, 0.29) is 29.5 Å². The van der Waals surface area contributed by atoms with E-state index in [2.05, 4.69) is 15.2 Å². The molecule has 0 radical (unpaired) electrons. The lowest BCUT2D eigenvalue weighted by atomic mass is 9.98. The number of aromatic nitrogens is 3. The molecule has 1 saturated heterocycles.